The van der Waals surface area contributed by atoms with Crippen molar-refractivity contribution in [3.63, 3.8) is 0 Å². The van der Waals surface area contributed by atoms with Gasteiger partial charge < -0.3 is 4.98 Å². The van der Waals surface area contributed by atoms with Gasteiger partial charge in [-0.3, -0.25) is 4.57 Å². The van der Waals surface area contributed by atoms with Gasteiger partial charge in [0.05, 0.1) is 5.69 Å². The number of fused-ring (bicyclic) bond motifs is 1. The quantitative estimate of drug-likeness (QED) is 0.310. The monoisotopic (exact) mass is 430 g/mol. The molecule has 2 heterocycles. The zero-order chi connectivity index (χ0) is 20.5. The number of para-hydroxylation sites is 1. The van der Waals surface area contributed by atoms with Gasteiger partial charge in [-0.25, -0.2) is 0 Å². The van der Waals surface area contributed by atoms with Crippen LogP contribution in [0.25, 0.3) is 39.2 Å². The van der Waals surface area contributed by atoms with E-state index in [0.29, 0.717) is 5.02 Å². The van der Waals surface area contributed by atoms with Crippen molar-refractivity contribution < 1.29 is 0 Å². The van der Waals surface area contributed by atoms with Crippen LogP contribution >= 0.6 is 23.4 Å². The predicted octanol–water partition coefficient (Wildman–Crippen LogP) is 6.85. The summed E-state index contributed by atoms with van der Waals surface area (Å²) in [5.41, 5.74) is 5.15. The standard InChI is InChI=1S/C24H19ClN4S/c1-2-30-24-28-27-23(29(24)18-11-7-4-8-12-18)22-21(16-9-5-3-6-10-16)19-15-17(25)13-14-20(19)26-22/h3-15,26H,2H2,1H3. The summed E-state index contributed by atoms with van der Waals surface area (Å²) < 4.78 is 2.12. The molecule has 0 radical (unpaired) electrons. The molecule has 30 heavy (non-hydrogen) atoms. The van der Waals surface area contributed by atoms with E-state index in [2.05, 4.69) is 50.9 Å². The molecule has 0 bridgehead atoms. The number of nitrogens with one attached hydrogen (secondary N) is 1. The molecule has 3 aromatic carbocycles. The summed E-state index contributed by atoms with van der Waals surface area (Å²) in [5.74, 6) is 1.70. The van der Waals surface area contributed by atoms with Gasteiger partial charge in [0.15, 0.2) is 11.0 Å². The molecule has 0 spiro atoms. The number of halogens is 1. The van der Waals surface area contributed by atoms with E-state index in [4.69, 9.17) is 11.6 Å². The van der Waals surface area contributed by atoms with Crippen LogP contribution in [-0.2, 0) is 0 Å². The zero-order valence-electron chi connectivity index (χ0n) is 16.3. The van der Waals surface area contributed by atoms with Crippen molar-refractivity contribution in [2.45, 2.75) is 12.1 Å². The number of benzene rings is 3. The van der Waals surface area contributed by atoms with Crippen LogP contribution in [-0.4, -0.2) is 25.5 Å². The van der Waals surface area contributed by atoms with Gasteiger partial charge in [0.1, 0.15) is 0 Å². The molecule has 0 saturated heterocycles. The van der Waals surface area contributed by atoms with Gasteiger partial charge in [-0.2, -0.15) is 0 Å². The number of hydrogen-bond donors (Lipinski definition) is 1. The predicted molar refractivity (Wildman–Crippen MR) is 125 cm³/mol. The van der Waals surface area contributed by atoms with Crippen LogP contribution < -0.4 is 0 Å². The maximum Gasteiger partial charge on any atom is 0.196 e. The van der Waals surface area contributed by atoms with Crippen molar-refractivity contribution in [2.24, 2.45) is 0 Å². The Morgan fingerprint density at radius 2 is 1.67 bits per heavy atom. The highest BCUT2D eigenvalue weighted by molar-refractivity contribution is 7.99. The summed E-state index contributed by atoms with van der Waals surface area (Å²) in [6, 6.07) is 26.5. The van der Waals surface area contributed by atoms with Crippen molar-refractivity contribution in [1.29, 1.82) is 0 Å². The van der Waals surface area contributed by atoms with Gasteiger partial charge in [0.2, 0.25) is 0 Å². The summed E-state index contributed by atoms with van der Waals surface area (Å²) in [5, 5.41) is 11.8. The molecule has 0 unspecified atom stereocenters. The Morgan fingerprint density at radius 1 is 0.933 bits per heavy atom. The topological polar surface area (TPSA) is 46.5 Å². The first-order chi connectivity index (χ1) is 14.8. The summed E-state index contributed by atoms with van der Waals surface area (Å²) in [6.45, 7) is 2.12. The molecular formula is C24H19ClN4S. The van der Waals surface area contributed by atoms with E-state index >= 15 is 0 Å². The second-order valence-corrected chi connectivity index (χ2v) is 8.51. The van der Waals surface area contributed by atoms with Gasteiger partial charge in [-0.05, 0) is 41.6 Å². The van der Waals surface area contributed by atoms with Crippen LogP contribution in [0, 0.1) is 0 Å². The van der Waals surface area contributed by atoms with Crippen molar-refractivity contribution in [1.82, 2.24) is 19.7 Å². The first-order valence-corrected chi connectivity index (χ1v) is 11.1. The first kappa shape index (κ1) is 19.0. The summed E-state index contributed by atoms with van der Waals surface area (Å²) >= 11 is 8.03. The average molecular weight is 431 g/mol. The van der Waals surface area contributed by atoms with Crippen LogP contribution in [0.3, 0.4) is 0 Å². The Bertz CT molecular complexity index is 1310. The third-order valence-electron chi connectivity index (χ3n) is 4.97. The SMILES string of the molecule is CCSc1nnc(-c2[nH]c3ccc(Cl)cc3c2-c2ccccc2)n1-c1ccccc1. The van der Waals surface area contributed by atoms with E-state index in [1.165, 1.54) is 0 Å². The molecular weight excluding hydrogens is 412 g/mol. The third-order valence-corrected chi connectivity index (χ3v) is 6.01. The lowest BCUT2D eigenvalue weighted by molar-refractivity contribution is 0.886. The molecule has 5 aromatic rings. The van der Waals surface area contributed by atoms with E-state index in [1.807, 2.05) is 54.6 Å². The summed E-state index contributed by atoms with van der Waals surface area (Å²) in [6.07, 6.45) is 0. The van der Waals surface area contributed by atoms with Crippen LogP contribution in [0.5, 0.6) is 0 Å². The van der Waals surface area contributed by atoms with Crippen molar-refractivity contribution >= 4 is 34.3 Å². The Balaban J connectivity index is 1.83. The van der Waals surface area contributed by atoms with E-state index < -0.39 is 0 Å². The fourth-order valence-electron chi connectivity index (χ4n) is 3.70. The number of aromatic nitrogens is 4. The molecule has 0 amide bonds. The maximum atomic E-state index is 6.36. The van der Waals surface area contributed by atoms with E-state index in [-0.39, 0.29) is 0 Å². The molecule has 4 nitrogen and oxygen atoms in total. The molecule has 0 atom stereocenters. The zero-order valence-corrected chi connectivity index (χ0v) is 17.9. The lowest BCUT2D eigenvalue weighted by Gasteiger charge is -2.11. The fraction of sp³-hybridized carbons (Fsp3) is 0.0833. The molecule has 0 saturated carbocycles. The Labute approximate surface area is 183 Å². The third kappa shape index (κ3) is 3.30. The van der Waals surface area contributed by atoms with E-state index in [1.54, 1.807) is 11.8 Å². The molecule has 0 fully saturated rings. The maximum absolute atomic E-state index is 6.36. The number of rotatable bonds is 5. The largest absolute Gasteiger partial charge is 0.351 e. The normalized spacial score (nSPS) is 11.3. The number of aromatic amines is 1. The Hall–Kier alpha value is -3.02. The lowest BCUT2D eigenvalue weighted by Crippen LogP contribution is -2.00. The van der Waals surface area contributed by atoms with E-state index in [9.17, 15) is 0 Å². The van der Waals surface area contributed by atoms with Gasteiger partial charge >= 0.3 is 0 Å². The smallest absolute Gasteiger partial charge is 0.196 e. The number of thioether (sulfide) groups is 1. The van der Waals surface area contributed by atoms with Gasteiger partial charge in [0, 0.05) is 27.2 Å². The molecule has 1 N–H and O–H groups in total. The highest BCUT2D eigenvalue weighted by atomic mass is 35.5. The Morgan fingerprint density at radius 3 is 2.40 bits per heavy atom. The number of nitrogens with zero attached hydrogens (tertiary/aromatic N) is 3. The average Bonchev–Trinajstić information content (AvgIpc) is 3.36. The minimum Gasteiger partial charge on any atom is -0.351 e. The minimum absolute atomic E-state index is 0.706. The van der Waals surface area contributed by atoms with Crippen LogP contribution in [0.15, 0.2) is 84.0 Å². The summed E-state index contributed by atoms with van der Waals surface area (Å²) in [7, 11) is 0. The van der Waals surface area contributed by atoms with Crippen molar-refractivity contribution in [2.75, 3.05) is 5.75 Å². The first-order valence-electron chi connectivity index (χ1n) is 9.77. The molecule has 2 aromatic heterocycles. The van der Waals surface area contributed by atoms with Crippen molar-refractivity contribution in [3.05, 3.63) is 83.9 Å². The van der Waals surface area contributed by atoms with E-state index in [0.717, 1.165) is 50.1 Å². The highest BCUT2D eigenvalue weighted by Gasteiger charge is 2.22. The Kier molecular flexibility index (Phi) is 5.07. The summed E-state index contributed by atoms with van der Waals surface area (Å²) in [4.78, 5) is 3.58. The fourth-order valence-corrected chi connectivity index (χ4v) is 4.55. The van der Waals surface area contributed by atoms with Gasteiger partial charge in [-0.1, -0.05) is 78.8 Å². The number of H-pyrrole nitrogens is 1. The molecule has 6 heteroatoms. The molecule has 0 aliphatic carbocycles. The second kappa shape index (κ2) is 8.01. The van der Waals surface area contributed by atoms with Gasteiger partial charge in [0.25, 0.3) is 0 Å². The molecule has 5 rings (SSSR count). The van der Waals surface area contributed by atoms with Crippen LogP contribution in [0.1, 0.15) is 6.92 Å². The minimum atomic E-state index is 0.706. The molecule has 0 aliphatic rings. The second-order valence-electron chi connectivity index (χ2n) is 6.84. The lowest BCUT2D eigenvalue weighted by atomic mass is 10.0. The van der Waals surface area contributed by atoms with Crippen LogP contribution in [0.2, 0.25) is 5.02 Å². The van der Waals surface area contributed by atoms with Crippen LogP contribution in [0.4, 0.5) is 0 Å². The van der Waals surface area contributed by atoms with Crippen molar-refractivity contribution in [3.8, 4) is 28.3 Å². The molecule has 0 aliphatic heterocycles. The van der Waals surface area contributed by atoms with Gasteiger partial charge in [-0.15, -0.1) is 10.2 Å². The molecule has 148 valence electrons. The number of hydrogen-bond acceptors (Lipinski definition) is 3. The highest BCUT2D eigenvalue weighted by Crippen LogP contribution is 2.40.